The Kier molecular flexibility index (Phi) is 3.54. The van der Waals surface area contributed by atoms with Crippen molar-refractivity contribution in [2.75, 3.05) is 0 Å². The van der Waals surface area contributed by atoms with Gasteiger partial charge in [-0.3, -0.25) is 9.38 Å². The summed E-state index contributed by atoms with van der Waals surface area (Å²) in [7, 11) is 0. The monoisotopic (exact) mass is 286 g/mol. The van der Waals surface area contributed by atoms with Crippen molar-refractivity contribution in [3.8, 4) is 0 Å². The van der Waals surface area contributed by atoms with Gasteiger partial charge in [0.05, 0.1) is 11.4 Å². The third kappa shape index (κ3) is 2.46. The number of aromatic nitrogens is 3. The lowest BCUT2D eigenvalue weighted by atomic mass is 10.1. The molecule has 3 heterocycles. The van der Waals surface area contributed by atoms with Crippen molar-refractivity contribution in [3.63, 3.8) is 0 Å². The molecule has 1 atom stereocenters. The molecule has 0 saturated heterocycles. The molecule has 0 aliphatic heterocycles. The summed E-state index contributed by atoms with van der Waals surface area (Å²) < 4.78 is 2.19. The van der Waals surface area contributed by atoms with Crippen molar-refractivity contribution < 1.29 is 0 Å². The summed E-state index contributed by atoms with van der Waals surface area (Å²) in [5.41, 5.74) is 3.54. The zero-order valence-electron chi connectivity index (χ0n) is 11.9. The molecule has 0 spiro atoms. The van der Waals surface area contributed by atoms with E-state index in [0.29, 0.717) is 0 Å². The van der Waals surface area contributed by atoms with Crippen molar-refractivity contribution in [1.82, 2.24) is 19.7 Å². The van der Waals surface area contributed by atoms with Gasteiger partial charge in [-0.1, -0.05) is 6.07 Å². The Balaban J connectivity index is 1.78. The maximum Gasteiger partial charge on any atom is 0.194 e. The van der Waals surface area contributed by atoms with Gasteiger partial charge in [-0.25, -0.2) is 4.98 Å². The number of pyridine rings is 1. The van der Waals surface area contributed by atoms with E-state index in [4.69, 9.17) is 0 Å². The van der Waals surface area contributed by atoms with Crippen LogP contribution < -0.4 is 5.32 Å². The number of hydrogen-bond donors (Lipinski definition) is 1. The van der Waals surface area contributed by atoms with Crippen LogP contribution in [-0.4, -0.2) is 14.4 Å². The number of aryl methyl sites for hydroxylation is 2. The number of nitrogens with one attached hydrogen (secondary N) is 1. The van der Waals surface area contributed by atoms with E-state index >= 15 is 0 Å². The van der Waals surface area contributed by atoms with E-state index in [1.165, 1.54) is 16.1 Å². The zero-order chi connectivity index (χ0) is 14.1. The Morgan fingerprint density at radius 3 is 3.00 bits per heavy atom. The van der Waals surface area contributed by atoms with Crippen molar-refractivity contribution in [2.24, 2.45) is 0 Å². The van der Waals surface area contributed by atoms with Gasteiger partial charge in [0.15, 0.2) is 4.96 Å². The molecule has 5 heteroatoms. The number of fused-ring (bicyclic) bond motifs is 1. The number of imidazole rings is 1. The lowest BCUT2D eigenvalue weighted by molar-refractivity contribution is 0.563. The predicted octanol–water partition coefficient (Wildman–Crippen LogP) is 3.26. The molecule has 20 heavy (non-hydrogen) atoms. The van der Waals surface area contributed by atoms with E-state index < -0.39 is 0 Å². The number of nitrogens with zero attached hydrogens (tertiary/aromatic N) is 3. The van der Waals surface area contributed by atoms with Crippen LogP contribution in [0.5, 0.6) is 0 Å². The first-order chi connectivity index (χ1) is 9.65. The van der Waals surface area contributed by atoms with Gasteiger partial charge in [0, 0.05) is 36.1 Å². The Morgan fingerprint density at radius 1 is 1.40 bits per heavy atom. The van der Waals surface area contributed by atoms with Crippen molar-refractivity contribution >= 4 is 16.3 Å². The fourth-order valence-electron chi connectivity index (χ4n) is 2.32. The average molecular weight is 286 g/mol. The number of rotatable bonds is 4. The van der Waals surface area contributed by atoms with Gasteiger partial charge in [0.2, 0.25) is 0 Å². The third-order valence-electron chi connectivity index (χ3n) is 3.50. The minimum atomic E-state index is 0.272. The molecule has 0 bridgehead atoms. The molecule has 1 N–H and O–H groups in total. The van der Waals surface area contributed by atoms with Gasteiger partial charge < -0.3 is 5.32 Å². The summed E-state index contributed by atoms with van der Waals surface area (Å²) in [5.74, 6) is 0. The molecule has 0 fully saturated rings. The molecule has 104 valence electrons. The molecule has 0 radical (unpaired) electrons. The van der Waals surface area contributed by atoms with Crippen LogP contribution in [0.25, 0.3) is 4.96 Å². The first-order valence-corrected chi connectivity index (χ1v) is 7.54. The van der Waals surface area contributed by atoms with Gasteiger partial charge in [0.25, 0.3) is 0 Å². The highest BCUT2D eigenvalue weighted by molar-refractivity contribution is 7.17. The van der Waals surface area contributed by atoms with E-state index in [9.17, 15) is 0 Å². The van der Waals surface area contributed by atoms with E-state index in [1.807, 2.05) is 12.3 Å². The maximum absolute atomic E-state index is 4.61. The van der Waals surface area contributed by atoms with Crippen LogP contribution in [0.15, 0.2) is 30.7 Å². The quantitative estimate of drug-likeness (QED) is 0.800. The van der Waals surface area contributed by atoms with Gasteiger partial charge in [0.1, 0.15) is 0 Å². The minimum absolute atomic E-state index is 0.272. The number of thiazole rings is 1. The second kappa shape index (κ2) is 5.34. The molecule has 3 rings (SSSR count). The van der Waals surface area contributed by atoms with Crippen LogP contribution in [0.1, 0.15) is 34.8 Å². The molecular formula is C15H18N4S. The highest BCUT2D eigenvalue weighted by atomic mass is 32.1. The molecule has 3 aromatic rings. The molecule has 0 aliphatic rings. The number of hydrogen-bond acceptors (Lipinski definition) is 4. The van der Waals surface area contributed by atoms with Crippen LogP contribution in [0.3, 0.4) is 0 Å². The third-order valence-corrected chi connectivity index (χ3v) is 4.40. The lowest BCUT2D eigenvalue weighted by Gasteiger charge is -2.13. The van der Waals surface area contributed by atoms with Crippen LogP contribution in [0.2, 0.25) is 0 Å². The van der Waals surface area contributed by atoms with E-state index in [-0.39, 0.29) is 6.04 Å². The predicted molar refractivity (Wildman–Crippen MR) is 82.0 cm³/mol. The molecule has 0 aromatic carbocycles. The molecule has 0 aliphatic carbocycles. The summed E-state index contributed by atoms with van der Waals surface area (Å²) in [5, 5.41) is 3.55. The van der Waals surface area contributed by atoms with E-state index in [1.54, 1.807) is 17.5 Å². The van der Waals surface area contributed by atoms with Crippen molar-refractivity contribution in [2.45, 2.75) is 33.4 Å². The van der Waals surface area contributed by atoms with Gasteiger partial charge in [-0.15, -0.1) is 11.3 Å². The Labute approximate surface area is 122 Å². The van der Waals surface area contributed by atoms with Crippen molar-refractivity contribution in [1.29, 1.82) is 0 Å². The van der Waals surface area contributed by atoms with Crippen LogP contribution in [0, 0.1) is 13.8 Å². The Morgan fingerprint density at radius 2 is 2.25 bits per heavy atom. The smallest absolute Gasteiger partial charge is 0.194 e. The second-order valence-corrected chi connectivity index (χ2v) is 6.24. The standard InChI is InChI=1S/C15H18N4S/c1-10-9-19-14(12(3)18-15(19)20-10)8-17-11(2)13-5-4-6-16-7-13/h4-7,9,11,17H,8H2,1-3H3/t11-/m1/s1. The summed E-state index contributed by atoms with van der Waals surface area (Å²) in [6.07, 6.45) is 5.87. The van der Waals surface area contributed by atoms with Gasteiger partial charge in [-0.2, -0.15) is 0 Å². The zero-order valence-corrected chi connectivity index (χ0v) is 12.7. The average Bonchev–Trinajstić information content (AvgIpc) is 2.92. The maximum atomic E-state index is 4.61. The molecule has 0 unspecified atom stereocenters. The Hall–Kier alpha value is -1.72. The fraction of sp³-hybridized carbons (Fsp3) is 0.333. The first kappa shape index (κ1) is 13.3. The van der Waals surface area contributed by atoms with Gasteiger partial charge >= 0.3 is 0 Å². The fourth-order valence-corrected chi connectivity index (χ4v) is 3.21. The lowest BCUT2D eigenvalue weighted by Crippen LogP contribution is -2.19. The van der Waals surface area contributed by atoms with Crippen LogP contribution >= 0.6 is 11.3 Å². The summed E-state index contributed by atoms with van der Waals surface area (Å²) in [6.45, 7) is 7.15. The minimum Gasteiger partial charge on any atom is -0.305 e. The molecule has 4 nitrogen and oxygen atoms in total. The topological polar surface area (TPSA) is 42.2 Å². The van der Waals surface area contributed by atoms with Crippen LogP contribution in [0.4, 0.5) is 0 Å². The van der Waals surface area contributed by atoms with E-state index in [2.05, 4.69) is 52.7 Å². The largest absolute Gasteiger partial charge is 0.305 e. The summed E-state index contributed by atoms with van der Waals surface area (Å²) in [4.78, 5) is 11.1. The highest BCUT2D eigenvalue weighted by Gasteiger charge is 2.12. The van der Waals surface area contributed by atoms with Crippen LogP contribution in [-0.2, 0) is 6.54 Å². The Bertz CT molecular complexity index is 714. The molecule has 0 amide bonds. The summed E-state index contributed by atoms with van der Waals surface area (Å²) in [6, 6.07) is 4.34. The normalized spacial score (nSPS) is 12.9. The highest BCUT2D eigenvalue weighted by Crippen LogP contribution is 2.21. The molecule has 0 saturated carbocycles. The SMILES string of the molecule is Cc1cn2c(CN[C@H](C)c3cccnc3)c(C)nc2s1. The van der Waals surface area contributed by atoms with Crippen molar-refractivity contribution in [3.05, 3.63) is 52.6 Å². The van der Waals surface area contributed by atoms with E-state index in [0.717, 1.165) is 17.2 Å². The second-order valence-electron chi connectivity index (χ2n) is 5.03. The first-order valence-electron chi connectivity index (χ1n) is 6.72. The molecular weight excluding hydrogens is 268 g/mol. The summed E-state index contributed by atoms with van der Waals surface area (Å²) >= 11 is 1.73. The van der Waals surface area contributed by atoms with Gasteiger partial charge in [-0.05, 0) is 32.4 Å². The molecule has 3 aromatic heterocycles.